The maximum Gasteiger partial charge on any atom is 0.129 e. The van der Waals surface area contributed by atoms with Gasteiger partial charge in [0.15, 0.2) is 0 Å². The molecule has 0 amide bonds. The second-order valence-electron chi connectivity index (χ2n) is 4.92. The van der Waals surface area contributed by atoms with Gasteiger partial charge in [0.2, 0.25) is 0 Å². The minimum atomic E-state index is 0.782. The lowest BCUT2D eigenvalue weighted by Crippen LogP contribution is -2.06. The molecule has 19 heavy (non-hydrogen) atoms. The standard InChI is InChI=1S/C16H21ClN2/c1-4-6-13-10-12-7-8-14(17)11(3)15(12)19-16(13)18-9-5-2/h7-8,10H,4-6,9H2,1-3H3,(H,18,19). The summed E-state index contributed by atoms with van der Waals surface area (Å²) in [4.78, 5) is 4.80. The van der Waals surface area contributed by atoms with Crippen molar-refractivity contribution in [3.05, 3.63) is 34.3 Å². The highest BCUT2D eigenvalue weighted by atomic mass is 35.5. The molecule has 3 heteroatoms. The first kappa shape index (κ1) is 14.1. The summed E-state index contributed by atoms with van der Waals surface area (Å²) in [7, 11) is 0. The number of aryl methyl sites for hydroxylation is 2. The van der Waals surface area contributed by atoms with E-state index < -0.39 is 0 Å². The van der Waals surface area contributed by atoms with Crippen molar-refractivity contribution >= 4 is 28.3 Å². The van der Waals surface area contributed by atoms with E-state index in [0.717, 1.165) is 47.7 Å². The average molecular weight is 277 g/mol. The summed E-state index contributed by atoms with van der Waals surface area (Å²) < 4.78 is 0. The number of halogens is 1. The van der Waals surface area contributed by atoms with Gasteiger partial charge in [-0.3, -0.25) is 0 Å². The van der Waals surface area contributed by atoms with Crippen LogP contribution in [0.4, 0.5) is 5.82 Å². The Labute approximate surface area is 120 Å². The highest BCUT2D eigenvalue weighted by Gasteiger charge is 2.09. The van der Waals surface area contributed by atoms with Gasteiger partial charge in [-0.05, 0) is 43.0 Å². The minimum absolute atomic E-state index is 0.782. The van der Waals surface area contributed by atoms with Crippen LogP contribution in [0, 0.1) is 6.92 Å². The van der Waals surface area contributed by atoms with Gasteiger partial charge in [-0.25, -0.2) is 4.98 Å². The molecule has 0 bridgehead atoms. The predicted molar refractivity (Wildman–Crippen MR) is 84.3 cm³/mol. The number of nitrogens with zero attached hydrogens (tertiary/aromatic N) is 1. The molecule has 0 radical (unpaired) electrons. The molecule has 2 aromatic rings. The molecule has 0 atom stereocenters. The summed E-state index contributed by atoms with van der Waals surface area (Å²) in [6, 6.07) is 6.25. The zero-order chi connectivity index (χ0) is 13.8. The molecule has 1 aromatic heterocycles. The average Bonchev–Trinajstić information content (AvgIpc) is 2.41. The van der Waals surface area contributed by atoms with Crippen LogP contribution in [0.5, 0.6) is 0 Å². The van der Waals surface area contributed by atoms with Crippen LogP contribution in [0.25, 0.3) is 10.9 Å². The molecule has 0 fully saturated rings. The van der Waals surface area contributed by atoms with E-state index in [9.17, 15) is 0 Å². The smallest absolute Gasteiger partial charge is 0.129 e. The number of benzene rings is 1. The van der Waals surface area contributed by atoms with Crippen LogP contribution in [0.1, 0.15) is 37.8 Å². The molecule has 2 rings (SSSR count). The molecular weight excluding hydrogens is 256 g/mol. The van der Waals surface area contributed by atoms with E-state index in [1.54, 1.807) is 0 Å². The summed E-state index contributed by atoms with van der Waals surface area (Å²) in [5, 5.41) is 5.39. The van der Waals surface area contributed by atoms with Gasteiger partial charge in [-0.15, -0.1) is 0 Å². The molecule has 0 aliphatic carbocycles. The van der Waals surface area contributed by atoms with Crippen molar-refractivity contribution in [3.63, 3.8) is 0 Å². The Morgan fingerprint density at radius 2 is 2.00 bits per heavy atom. The van der Waals surface area contributed by atoms with Crippen LogP contribution >= 0.6 is 11.6 Å². The van der Waals surface area contributed by atoms with E-state index in [1.807, 2.05) is 13.0 Å². The summed E-state index contributed by atoms with van der Waals surface area (Å²) in [5.74, 6) is 1.02. The number of pyridine rings is 1. The van der Waals surface area contributed by atoms with E-state index in [0.29, 0.717) is 0 Å². The molecule has 1 N–H and O–H groups in total. The maximum atomic E-state index is 6.18. The Hall–Kier alpha value is -1.28. The van der Waals surface area contributed by atoms with Crippen molar-refractivity contribution in [3.8, 4) is 0 Å². The van der Waals surface area contributed by atoms with Crippen LogP contribution in [-0.2, 0) is 6.42 Å². The van der Waals surface area contributed by atoms with Gasteiger partial charge in [0.25, 0.3) is 0 Å². The van der Waals surface area contributed by atoms with Crippen molar-refractivity contribution in [1.29, 1.82) is 0 Å². The van der Waals surface area contributed by atoms with Gasteiger partial charge in [-0.2, -0.15) is 0 Å². The molecule has 0 saturated carbocycles. The van der Waals surface area contributed by atoms with Gasteiger partial charge in [-0.1, -0.05) is 37.9 Å². The number of anilines is 1. The van der Waals surface area contributed by atoms with Crippen LogP contribution in [0.3, 0.4) is 0 Å². The Morgan fingerprint density at radius 3 is 2.68 bits per heavy atom. The molecule has 1 aromatic carbocycles. The summed E-state index contributed by atoms with van der Waals surface area (Å²) in [5.41, 5.74) is 3.36. The molecule has 102 valence electrons. The lowest BCUT2D eigenvalue weighted by molar-refractivity contribution is 0.906. The first-order chi connectivity index (χ1) is 9.17. The molecule has 2 nitrogen and oxygen atoms in total. The molecule has 0 spiro atoms. The van der Waals surface area contributed by atoms with E-state index in [1.165, 1.54) is 10.9 Å². The van der Waals surface area contributed by atoms with Crippen LogP contribution < -0.4 is 5.32 Å². The molecule has 0 aliphatic heterocycles. The van der Waals surface area contributed by atoms with Gasteiger partial charge in [0.05, 0.1) is 5.52 Å². The first-order valence-corrected chi connectivity index (χ1v) is 7.37. The molecule has 0 aliphatic rings. The van der Waals surface area contributed by atoms with Crippen LogP contribution in [0.15, 0.2) is 18.2 Å². The third kappa shape index (κ3) is 3.01. The fraction of sp³-hybridized carbons (Fsp3) is 0.438. The van der Waals surface area contributed by atoms with Crippen molar-refractivity contribution in [2.24, 2.45) is 0 Å². The topological polar surface area (TPSA) is 24.9 Å². The van der Waals surface area contributed by atoms with Crippen molar-refractivity contribution < 1.29 is 0 Å². The third-order valence-corrected chi connectivity index (χ3v) is 3.72. The molecule has 0 saturated heterocycles. The summed E-state index contributed by atoms with van der Waals surface area (Å²) >= 11 is 6.18. The third-order valence-electron chi connectivity index (χ3n) is 3.32. The van der Waals surface area contributed by atoms with Gasteiger partial charge in [0, 0.05) is 17.0 Å². The Balaban J connectivity index is 2.55. The van der Waals surface area contributed by atoms with Crippen molar-refractivity contribution in [1.82, 2.24) is 4.98 Å². The molecular formula is C16H21ClN2. The van der Waals surface area contributed by atoms with E-state index in [-0.39, 0.29) is 0 Å². The van der Waals surface area contributed by atoms with Gasteiger partial charge in [0.1, 0.15) is 5.82 Å². The normalized spacial score (nSPS) is 10.9. The highest BCUT2D eigenvalue weighted by molar-refractivity contribution is 6.32. The number of hydrogen-bond acceptors (Lipinski definition) is 2. The van der Waals surface area contributed by atoms with Gasteiger partial charge >= 0.3 is 0 Å². The maximum absolute atomic E-state index is 6.18. The summed E-state index contributed by atoms with van der Waals surface area (Å²) in [6.07, 6.45) is 3.27. The quantitative estimate of drug-likeness (QED) is 0.834. The Morgan fingerprint density at radius 1 is 1.21 bits per heavy atom. The second kappa shape index (κ2) is 6.25. The van der Waals surface area contributed by atoms with E-state index >= 15 is 0 Å². The SMILES string of the molecule is CCCNc1nc2c(C)c(Cl)ccc2cc1CCC. The Bertz CT molecular complexity index is 578. The van der Waals surface area contributed by atoms with Crippen molar-refractivity contribution in [2.75, 3.05) is 11.9 Å². The lowest BCUT2D eigenvalue weighted by atomic mass is 10.1. The first-order valence-electron chi connectivity index (χ1n) is 7.00. The largest absolute Gasteiger partial charge is 0.370 e. The second-order valence-corrected chi connectivity index (χ2v) is 5.32. The monoisotopic (exact) mass is 276 g/mol. The number of hydrogen-bond donors (Lipinski definition) is 1. The number of nitrogens with one attached hydrogen (secondary N) is 1. The lowest BCUT2D eigenvalue weighted by Gasteiger charge is -2.13. The van der Waals surface area contributed by atoms with Crippen LogP contribution in [-0.4, -0.2) is 11.5 Å². The number of aromatic nitrogens is 1. The van der Waals surface area contributed by atoms with Crippen LogP contribution in [0.2, 0.25) is 5.02 Å². The minimum Gasteiger partial charge on any atom is -0.370 e. The zero-order valence-electron chi connectivity index (χ0n) is 11.9. The Kier molecular flexibility index (Phi) is 4.65. The predicted octanol–water partition coefficient (Wildman–Crippen LogP) is 4.97. The van der Waals surface area contributed by atoms with E-state index in [4.69, 9.17) is 16.6 Å². The summed E-state index contributed by atoms with van der Waals surface area (Å²) in [6.45, 7) is 7.34. The molecule has 0 unspecified atom stereocenters. The van der Waals surface area contributed by atoms with E-state index in [2.05, 4.69) is 31.3 Å². The fourth-order valence-corrected chi connectivity index (χ4v) is 2.41. The van der Waals surface area contributed by atoms with Crippen molar-refractivity contribution in [2.45, 2.75) is 40.0 Å². The number of fused-ring (bicyclic) bond motifs is 1. The molecule has 1 heterocycles. The number of rotatable bonds is 5. The zero-order valence-corrected chi connectivity index (χ0v) is 12.6. The fourth-order valence-electron chi connectivity index (χ4n) is 2.26. The van der Waals surface area contributed by atoms with Gasteiger partial charge < -0.3 is 5.32 Å². The highest BCUT2D eigenvalue weighted by Crippen LogP contribution is 2.28.